The molecule has 0 unspecified atom stereocenters. The molecular formula is C18H19FN2O7S. The average Bonchev–Trinajstić information content (AvgIpc) is 2.72. The van der Waals surface area contributed by atoms with Gasteiger partial charge in [0.05, 0.1) is 23.0 Å². The number of morpholine rings is 1. The molecule has 29 heavy (non-hydrogen) atoms. The molecule has 0 radical (unpaired) electrons. The second-order valence-corrected chi connectivity index (χ2v) is 7.99. The Morgan fingerprint density at radius 3 is 2.38 bits per heavy atom. The van der Waals surface area contributed by atoms with Crippen molar-refractivity contribution < 1.29 is 31.9 Å². The van der Waals surface area contributed by atoms with Gasteiger partial charge in [-0.05, 0) is 30.3 Å². The van der Waals surface area contributed by atoms with Gasteiger partial charge < -0.3 is 14.2 Å². The molecular weight excluding hydrogens is 407 g/mol. The van der Waals surface area contributed by atoms with Crippen molar-refractivity contribution in [1.29, 1.82) is 0 Å². The molecule has 0 aromatic heterocycles. The second-order valence-electron chi connectivity index (χ2n) is 6.05. The van der Waals surface area contributed by atoms with Gasteiger partial charge in [0.25, 0.3) is 0 Å². The van der Waals surface area contributed by atoms with E-state index < -0.39 is 20.8 Å². The number of hydrogen-bond acceptors (Lipinski definition) is 7. The fourth-order valence-electron chi connectivity index (χ4n) is 2.71. The third-order valence-electron chi connectivity index (χ3n) is 4.16. The van der Waals surface area contributed by atoms with Gasteiger partial charge in [0.1, 0.15) is 24.8 Å². The van der Waals surface area contributed by atoms with Gasteiger partial charge in [-0.1, -0.05) is 0 Å². The van der Waals surface area contributed by atoms with Crippen LogP contribution in [-0.2, 0) is 14.8 Å². The smallest absolute Gasteiger partial charge is 0.311 e. The summed E-state index contributed by atoms with van der Waals surface area (Å²) >= 11 is 0. The summed E-state index contributed by atoms with van der Waals surface area (Å²) in [4.78, 5) is 10.4. The van der Waals surface area contributed by atoms with Crippen LogP contribution in [0, 0.1) is 15.9 Å². The lowest BCUT2D eigenvalue weighted by atomic mass is 10.3. The Kier molecular flexibility index (Phi) is 6.62. The van der Waals surface area contributed by atoms with Gasteiger partial charge in [0.15, 0.2) is 5.75 Å². The van der Waals surface area contributed by atoms with Gasteiger partial charge in [0.2, 0.25) is 10.0 Å². The summed E-state index contributed by atoms with van der Waals surface area (Å²) in [6.07, 6.45) is 0. The predicted molar refractivity (Wildman–Crippen MR) is 100 cm³/mol. The molecule has 156 valence electrons. The Balaban J connectivity index is 1.55. The van der Waals surface area contributed by atoms with E-state index in [1.54, 1.807) is 0 Å². The van der Waals surface area contributed by atoms with Crippen molar-refractivity contribution in [2.45, 2.75) is 4.90 Å². The Hall–Kier alpha value is -2.76. The molecule has 0 saturated carbocycles. The maximum Gasteiger partial charge on any atom is 0.311 e. The number of sulfonamides is 1. The summed E-state index contributed by atoms with van der Waals surface area (Å²) in [5, 5.41) is 10.9. The minimum atomic E-state index is -3.58. The van der Waals surface area contributed by atoms with Crippen molar-refractivity contribution >= 4 is 15.7 Å². The van der Waals surface area contributed by atoms with Crippen LogP contribution in [-0.4, -0.2) is 57.2 Å². The van der Waals surface area contributed by atoms with Gasteiger partial charge in [-0.3, -0.25) is 10.1 Å². The highest BCUT2D eigenvalue weighted by atomic mass is 32.2. The standard InChI is InChI=1S/C18H19FN2O7S/c19-14-1-6-17(21(22)23)18(13-14)28-12-11-27-15-2-4-16(5-3-15)29(24,25)20-7-9-26-10-8-20/h1-6,13H,7-12H2. The monoisotopic (exact) mass is 426 g/mol. The number of halogens is 1. The second kappa shape index (κ2) is 9.16. The molecule has 3 rings (SSSR count). The van der Waals surface area contributed by atoms with Crippen molar-refractivity contribution in [3.63, 3.8) is 0 Å². The van der Waals surface area contributed by atoms with E-state index in [0.717, 1.165) is 18.2 Å². The van der Waals surface area contributed by atoms with E-state index in [0.29, 0.717) is 32.1 Å². The molecule has 1 aliphatic heterocycles. The first kappa shape index (κ1) is 21.0. The number of hydrogen-bond donors (Lipinski definition) is 0. The minimum Gasteiger partial charge on any atom is -0.490 e. The average molecular weight is 426 g/mol. The Labute approximate surface area is 166 Å². The zero-order chi connectivity index (χ0) is 20.9. The van der Waals surface area contributed by atoms with E-state index in [4.69, 9.17) is 14.2 Å². The number of ether oxygens (including phenoxy) is 3. The summed E-state index contributed by atoms with van der Waals surface area (Å²) in [6.45, 7) is 1.32. The molecule has 9 nitrogen and oxygen atoms in total. The maximum atomic E-state index is 13.3. The zero-order valence-corrected chi connectivity index (χ0v) is 16.1. The lowest BCUT2D eigenvalue weighted by molar-refractivity contribution is -0.385. The molecule has 0 atom stereocenters. The van der Waals surface area contributed by atoms with Crippen LogP contribution in [0.4, 0.5) is 10.1 Å². The molecule has 11 heteroatoms. The van der Waals surface area contributed by atoms with Crippen LogP contribution in [0.1, 0.15) is 0 Å². The van der Waals surface area contributed by atoms with Gasteiger partial charge in [0, 0.05) is 25.2 Å². The first-order valence-corrected chi connectivity index (χ1v) is 10.2. The van der Waals surface area contributed by atoms with Crippen molar-refractivity contribution in [3.8, 4) is 11.5 Å². The van der Waals surface area contributed by atoms with Gasteiger partial charge >= 0.3 is 5.69 Å². The molecule has 0 amide bonds. The number of nitrogens with zero attached hydrogens (tertiary/aromatic N) is 2. The van der Waals surface area contributed by atoms with Crippen LogP contribution in [0.2, 0.25) is 0 Å². The third kappa shape index (κ3) is 5.19. The van der Waals surface area contributed by atoms with E-state index in [1.807, 2.05) is 0 Å². The van der Waals surface area contributed by atoms with Crippen molar-refractivity contribution in [1.82, 2.24) is 4.31 Å². The number of nitro groups is 1. The fraction of sp³-hybridized carbons (Fsp3) is 0.333. The van der Waals surface area contributed by atoms with Gasteiger partial charge in [-0.2, -0.15) is 4.31 Å². The summed E-state index contributed by atoms with van der Waals surface area (Å²) in [5.41, 5.74) is -0.343. The van der Waals surface area contributed by atoms with E-state index in [9.17, 15) is 22.9 Å². The topological polar surface area (TPSA) is 108 Å². The highest BCUT2D eigenvalue weighted by molar-refractivity contribution is 7.89. The zero-order valence-electron chi connectivity index (χ0n) is 15.3. The molecule has 1 saturated heterocycles. The van der Waals surface area contributed by atoms with Crippen molar-refractivity contribution in [2.75, 3.05) is 39.5 Å². The van der Waals surface area contributed by atoms with Gasteiger partial charge in [-0.25, -0.2) is 12.8 Å². The summed E-state index contributed by atoms with van der Waals surface area (Å²) in [6, 6.07) is 8.85. The Morgan fingerprint density at radius 1 is 1.07 bits per heavy atom. The fourth-order valence-corrected chi connectivity index (χ4v) is 4.12. The molecule has 1 fully saturated rings. The van der Waals surface area contributed by atoms with Gasteiger partial charge in [-0.15, -0.1) is 0 Å². The number of nitro benzene ring substituents is 1. The summed E-state index contributed by atoms with van der Waals surface area (Å²) < 4.78 is 55.6. The van der Waals surface area contributed by atoms with E-state index in [-0.39, 0.29) is 29.5 Å². The maximum absolute atomic E-state index is 13.3. The highest BCUT2D eigenvalue weighted by Crippen LogP contribution is 2.27. The van der Waals surface area contributed by atoms with E-state index >= 15 is 0 Å². The number of rotatable bonds is 8. The lowest BCUT2D eigenvalue weighted by Gasteiger charge is -2.26. The minimum absolute atomic E-state index is 0.0310. The molecule has 2 aromatic rings. The Morgan fingerprint density at radius 2 is 1.72 bits per heavy atom. The van der Waals surface area contributed by atoms with Crippen LogP contribution in [0.5, 0.6) is 11.5 Å². The third-order valence-corrected chi connectivity index (χ3v) is 6.07. The Bertz CT molecular complexity index is 961. The largest absolute Gasteiger partial charge is 0.490 e. The first-order valence-electron chi connectivity index (χ1n) is 8.75. The molecule has 0 aliphatic carbocycles. The first-order chi connectivity index (χ1) is 13.9. The normalized spacial score (nSPS) is 15.1. The predicted octanol–water partition coefficient (Wildman–Crippen LogP) is 2.21. The molecule has 1 heterocycles. The van der Waals surface area contributed by atoms with Crippen LogP contribution in [0.15, 0.2) is 47.4 Å². The quantitative estimate of drug-likeness (QED) is 0.362. The highest BCUT2D eigenvalue weighted by Gasteiger charge is 2.26. The van der Waals surface area contributed by atoms with Crippen LogP contribution in [0.25, 0.3) is 0 Å². The number of benzene rings is 2. The molecule has 2 aromatic carbocycles. The summed E-state index contributed by atoms with van der Waals surface area (Å²) in [7, 11) is -3.58. The van der Waals surface area contributed by atoms with Crippen LogP contribution in [0.3, 0.4) is 0 Å². The van der Waals surface area contributed by atoms with E-state index in [1.165, 1.54) is 28.6 Å². The lowest BCUT2D eigenvalue weighted by Crippen LogP contribution is -2.40. The molecule has 0 bridgehead atoms. The SMILES string of the molecule is O=[N+]([O-])c1ccc(F)cc1OCCOc1ccc(S(=O)(=O)N2CCOCC2)cc1. The molecule has 0 N–H and O–H groups in total. The molecule has 1 aliphatic rings. The van der Waals surface area contributed by atoms with Crippen LogP contribution < -0.4 is 9.47 Å². The summed E-state index contributed by atoms with van der Waals surface area (Å²) in [5.74, 6) is -0.433. The van der Waals surface area contributed by atoms with Crippen LogP contribution >= 0.6 is 0 Å². The van der Waals surface area contributed by atoms with Crippen molar-refractivity contribution in [2.24, 2.45) is 0 Å². The molecule has 0 spiro atoms. The van der Waals surface area contributed by atoms with E-state index in [2.05, 4.69) is 0 Å². The van der Waals surface area contributed by atoms with Crippen molar-refractivity contribution in [3.05, 3.63) is 58.4 Å².